The normalized spacial score (nSPS) is 10.3. The Hall–Kier alpha value is -1.77. The highest BCUT2D eigenvalue weighted by Crippen LogP contribution is 2.23. The molecule has 1 rings (SSSR count). The van der Waals surface area contributed by atoms with Gasteiger partial charge in [0.15, 0.2) is 0 Å². The number of hydrogen-bond acceptors (Lipinski definition) is 4. The molecule has 0 radical (unpaired) electrons. The minimum Gasteiger partial charge on any atom is -0.492 e. The topological polar surface area (TPSA) is 65.4 Å². The lowest BCUT2D eigenvalue weighted by Crippen LogP contribution is -2.28. The highest BCUT2D eigenvalue weighted by Gasteiger charge is 2.08. The van der Waals surface area contributed by atoms with Gasteiger partial charge in [-0.15, -0.1) is 0 Å². The fraction of sp³-hybridized carbons (Fsp3) is 0.500. The van der Waals surface area contributed by atoms with Crippen LogP contribution in [-0.4, -0.2) is 37.0 Å². The van der Waals surface area contributed by atoms with Crippen molar-refractivity contribution >= 4 is 17.5 Å². The van der Waals surface area contributed by atoms with Crippen LogP contribution in [0.25, 0.3) is 0 Å². The van der Waals surface area contributed by atoms with Gasteiger partial charge in [-0.05, 0) is 31.3 Å². The van der Waals surface area contributed by atoms with E-state index in [0.717, 1.165) is 25.2 Å². The summed E-state index contributed by atoms with van der Waals surface area (Å²) in [7, 11) is 0. The number of ether oxygens (including phenoxy) is 1. The minimum absolute atomic E-state index is 0.154. The van der Waals surface area contributed by atoms with Crippen LogP contribution >= 0.6 is 11.6 Å². The zero-order chi connectivity index (χ0) is 16.4. The molecule has 0 saturated carbocycles. The van der Waals surface area contributed by atoms with Gasteiger partial charge in [0.2, 0.25) is 5.91 Å². The van der Waals surface area contributed by atoms with Gasteiger partial charge in [0.1, 0.15) is 18.8 Å². The summed E-state index contributed by atoms with van der Waals surface area (Å²) in [6, 6.07) is 7.14. The summed E-state index contributed by atoms with van der Waals surface area (Å²) >= 11 is 5.99. The Morgan fingerprint density at radius 1 is 1.41 bits per heavy atom. The minimum atomic E-state index is -0.309. The zero-order valence-electron chi connectivity index (χ0n) is 13.1. The summed E-state index contributed by atoms with van der Waals surface area (Å²) in [5, 5.41) is 11.7. The second-order valence-electron chi connectivity index (χ2n) is 4.74. The predicted octanol–water partition coefficient (Wildman–Crippen LogP) is 2.59. The van der Waals surface area contributed by atoms with E-state index in [4.69, 9.17) is 21.6 Å². The molecular formula is C16H22ClN3O2. The SMILES string of the molecule is CCN(CC)CCOc1ccc(Cl)cc1CNC(=O)CC#N. The molecule has 22 heavy (non-hydrogen) atoms. The molecule has 1 N–H and O–H groups in total. The van der Waals surface area contributed by atoms with E-state index in [0.29, 0.717) is 23.9 Å². The van der Waals surface area contributed by atoms with E-state index in [1.165, 1.54) is 0 Å². The molecule has 0 bridgehead atoms. The Labute approximate surface area is 136 Å². The summed E-state index contributed by atoms with van der Waals surface area (Å²) < 4.78 is 5.80. The third-order valence-electron chi connectivity index (χ3n) is 3.30. The maximum atomic E-state index is 11.4. The Morgan fingerprint density at radius 3 is 2.77 bits per heavy atom. The number of nitrogens with one attached hydrogen (secondary N) is 1. The van der Waals surface area contributed by atoms with Crippen LogP contribution in [-0.2, 0) is 11.3 Å². The first-order valence-corrected chi connectivity index (χ1v) is 7.75. The molecule has 0 aromatic heterocycles. The van der Waals surface area contributed by atoms with E-state index in [-0.39, 0.29) is 12.3 Å². The number of nitrogens with zero attached hydrogens (tertiary/aromatic N) is 2. The highest BCUT2D eigenvalue weighted by atomic mass is 35.5. The largest absolute Gasteiger partial charge is 0.492 e. The van der Waals surface area contributed by atoms with Crippen LogP contribution in [0.5, 0.6) is 5.75 Å². The monoisotopic (exact) mass is 323 g/mol. The summed E-state index contributed by atoms with van der Waals surface area (Å²) in [5.74, 6) is 0.394. The number of amides is 1. The first kappa shape index (κ1) is 18.3. The quantitative estimate of drug-likeness (QED) is 0.758. The molecular weight excluding hydrogens is 302 g/mol. The van der Waals surface area contributed by atoms with Gasteiger partial charge in [-0.1, -0.05) is 25.4 Å². The van der Waals surface area contributed by atoms with Crippen LogP contribution in [0.2, 0.25) is 5.02 Å². The van der Waals surface area contributed by atoms with Crippen LogP contribution in [0.15, 0.2) is 18.2 Å². The van der Waals surface area contributed by atoms with E-state index in [9.17, 15) is 4.79 Å². The van der Waals surface area contributed by atoms with Gasteiger partial charge >= 0.3 is 0 Å². The van der Waals surface area contributed by atoms with Crippen molar-refractivity contribution in [2.75, 3.05) is 26.2 Å². The van der Waals surface area contributed by atoms with Gasteiger partial charge < -0.3 is 15.0 Å². The summed E-state index contributed by atoms with van der Waals surface area (Å²) in [6.45, 7) is 7.90. The van der Waals surface area contributed by atoms with Gasteiger partial charge in [-0.3, -0.25) is 4.79 Å². The molecule has 0 spiro atoms. The summed E-state index contributed by atoms with van der Waals surface area (Å²) in [4.78, 5) is 13.6. The van der Waals surface area contributed by atoms with Crippen molar-refractivity contribution in [1.29, 1.82) is 5.26 Å². The van der Waals surface area contributed by atoms with E-state index >= 15 is 0 Å². The van der Waals surface area contributed by atoms with Crippen LogP contribution in [0.1, 0.15) is 25.8 Å². The van der Waals surface area contributed by atoms with Crippen molar-refractivity contribution < 1.29 is 9.53 Å². The molecule has 0 aliphatic carbocycles. The molecule has 5 nitrogen and oxygen atoms in total. The van der Waals surface area contributed by atoms with Crippen molar-refractivity contribution in [3.8, 4) is 11.8 Å². The molecule has 0 aliphatic heterocycles. The van der Waals surface area contributed by atoms with E-state index < -0.39 is 0 Å². The second kappa shape index (κ2) is 10.0. The number of nitriles is 1. The Morgan fingerprint density at radius 2 is 2.14 bits per heavy atom. The van der Waals surface area contributed by atoms with Crippen molar-refractivity contribution in [2.45, 2.75) is 26.8 Å². The standard InChI is InChI=1S/C16H22ClN3O2/c1-3-20(4-2)9-10-22-15-6-5-14(17)11-13(15)12-19-16(21)7-8-18/h5-6,11H,3-4,7,9-10,12H2,1-2H3,(H,19,21). The fourth-order valence-electron chi connectivity index (χ4n) is 1.98. The Bertz CT molecular complexity index is 525. The third kappa shape index (κ3) is 6.33. The summed E-state index contributed by atoms with van der Waals surface area (Å²) in [6.07, 6.45) is -0.154. The van der Waals surface area contributed by atoms with Crippen molar-refractivity contribution in [1.82, 2.24) is 10.2 Å². The molecule has 0 heterocycles. The molecule has 1 aromatic rings. The van der Waals surface area contributed by atoms with E-state index in [1.54, 1.807) is 18.2 Å². The van der Waals surface area contributed by atoms with E-state index in [1.807, 2.05) is 6.07 Å². The molecule has 0 atom stereocenters. The highest BCUT2D eigenvalue weighted by molar-refractivity contribution is 6.30. The molecule has 1 amide bonds. The smallest absolute Gasteiger partial charge is 0.234 e. The zero-order valence-corrected chi connectivity index (χ0v) is 13.8. The van der Waals surface area contributed by atoms with Gasteiger partial charge in [-0.25, -0.2) is 0 Å². The van der Waals surface area contributed by atoms with E-state index in [2.05, 4.69) is 24.1 Å². The van der Waals surface area contributed by atoms with Gasteiger partial charge in [0.25, 0.3) is 0 Å². The maximum absolute atomic E-state index is 11.4. The lowest BCUT2D eigenvalue weighted by molar-refractivity contribution is -0.120. The molecule has 0 unspecified atom stereocenters. The number of carbonyl (C=O) groups is 1. The number of rotatable bonds is 9. The molecule has 0 fully saturated rings. The van der Waals surface area contributed by atoms with Crippen LogP contribution in [0, 0.1) is 11.3 Å². The average molecular weight is 324 g/mol. The fourth-order valence-corrected chi connectivity index (χ4v) is 2.17. The Balaban J connectivity index is 2.62. The van der Waals surface area contributed by atoms with Gasteiger partial charge in [0, 0.05) is 23.7 Å². The number of halogens is 1. The lowest BCUT2D eigenvalue weighted by Gasteiger charge is -2.19. The summed E-state index contributed by atoms with van der Waals surface area (Å²) in [5.41, 5.74) is 0.804. The van der Waals surface area contributed by atoms with Crippen LogP contribution in [0.3, 0.4) is 0 Å². The number of hydrogen-bond donors (Lipinski definition) is 1. The predicted molar refractivity (Wildman–Crippen MR) is 86.8 cm³/mol. The molecule has 1 aromatic carbocycles. The molecule has 0 aliphatic rings. The Kier molecular flexibility index (Phi) is 8.34. The number of likely N-dealkylation sites (N-methyl/N-ethyl adjacent to an activating group) is 1. The first-order valence-electron chi connectivity index (χ1n) is 7.37. The number of carbonyl (C=O) groups excluding carboxylic acids is 1. The van der Waals surface area contributed by atoms with Crippen LogP contribution < -0.4 is 10.1 Å². The second-order valence-corrected chi connectivity index (χ2v) is 5.18. The molecule has 6 heteroatoms. The van der Waals surface area contributed by atoms with Gasteiger partial charge in [0.05, 0.1) is 6.07 Å². The van der Waals surface area contributed by atoms with Crippen molar-refractivity contribution in [3.05, 3.63) is 28.8 Å². The number of benzene rings is 1. The van der Waals surface area contributed by atoms with Crippen molar-refractivity contribution in [3.63, 3.8) is 0 Å². The van der Waals surface area contributed by atoms with Gasteiger partial charge in [-0.2, -0.15) is 5.26 Å². The maximum Gasteiger partial charge on any atom is 0.234 e. The average Bonchev–Trinajstić information content (AvgIpc) is 2.51. The molecule has 120 valence electrons. The first-order chi connectivity index (χ1) is 10.6. The molecule has 0 saturated heterocycles. The third-order valence-corrected chi connectivity index (χ3v) is 3.53. The van der Waals surface area contributed by atoms with Crippen LogP contribution in [0.4, 0.5) is 0 Å². The van der Waals surface area contributed by atoms with Crippen molar-refractivity contribution in [2.24, 2.45) is 0 Å². The lowest BCUT2D eigenvalue weighted by atomic mass is 10.2.